The lowest BCUT2D eigenvalue weighted by Crippen LogP contribution is -2.64. The van der Waals surface area contributed by atoms with Crippen LogP contribution >= 0.6 is 0 Å². The molecule has 0 aromatic carbocycles. The van der Waals surface area contributed by atoms with Crippen molar-refractivity contribution in [3.05, 3.63) is 0 Å². The molecule has 2 heterocycles. The minimum atomic E-state index is -0.732. The van der Waals surface area contributed by atoms with E-state index in [9.17, 15) is 9.90 Å². The Morgan fingerprint density at radius 2 is 1.89 bits per heavy atom. The van der Waals surface area contributed by atoms with Gasteiger partial charge in [0.2, 0.25) is 0 Å². The monoisotopic (exact) mass is 269 g/mol. The molecule has 110 valence electrons. The van der Waals surface area contributed by atoms with Gasteiger partial charge in [-0.15, -0.1) is 0 Å². The first-order valence-electron chi connectivity index (χ1n) is 7.52. The first-order chi connectivity index (χ1) is 8.97. The maximum atomic E-state index is 11.5. The third kappa shape index (κ3) is 2.52. The molecular weight excluding hydrogens is 242 g/mol. The SMILES string of the molecule is CCCC1(CCC)CN(C2COCC2(C)C(=O)O)C1. The molecule has 4 nitrogen and oxygen atoms in total. The second kappa shape index (κ2) is 5.41. The standard InChI is InChI=1S/C15H27NO3/c1-4-6-15(7-5-2)9-16(10-15)12-8-19-11-14(12,3)13(17)18/h12H,4-11H2,1-3H3,(H,17,18). The molecular formula is C15H27NO3. The van der Waals surface area contributed by atoms with Crippen LogP contribution in [0.1, 0.15) is 46.5 Å². The number of likely N-dealkylation sites (tertiary alicyclic amines) is 1. The summed E-state index contributed by atoms with van der Waals surface area (Å²) < 4.78 is 5.46. The molecule has 0 aromatic rings. The largest absolute Gasteiger partial charge is 0.481 e. The number of carboxylic acids is 1. The molecule has 2 fully saturated rings. The smallest absolute Gasteiger partial charge is 0.313 e. The molecule has 0 aliphatic carbocycles. The maximum Gasteiger partial charge on any atom is 0.313 e. The highest BCUT2D eigenvalue weighted by Crippen LogP contribution is 2.45. The van der Waals surface area contributed by atoms with E-state index in [2.05, 4.69) is 18.7 Å². The fourth-order valence-corrected chi connectivity index (χ4v) is 3.91. The predicted molar refractivity (Wildman–Crippen MR) is 74.2 cm³/mol. The van der Waals surface area contributed by atoms with Crippen LogP contribution in [0.2, 0.25) is 0 Å². The van der Waals surface area contributed by atoms with Crippen molar-refractivity contribution < 1.29 is 14.6 Å². The van der Waals surface area contributed by atoms with Crippen LogP contribution in [0.5, 0.6) is 0 Å². The summed E-state index contributed by atoms with van der Waals surface area (Å²) in [5.74, 6) is -0.724. The van der Waals surface area contributed by atoms with Gasteiger partial charge in [0.15, 0.2) is 0 Å². The van der Waals surface area contributed by atoms with E-state index in [1.54, 1.807) is 0 Å². The topological polar surface area (TPSA) is 49.8 Å². The Balaban J connectivity index is 2.00. The summed E-state index contributed by atoms with van der Waals surface area (Å²) in [5, 5.41) is 9.44. The second-order valence-electron chi connectivity index (χ2n) is 6.66. The molecule has 19 heavy (non-hydrogen) atoms. The molecule has 1 N–H and O–H groups in total. The summed E-state index contributed by atoms with van der Waals surface area (Å²) in [5.41, 5.74) is -0.296. The fraction of sp³-hybridized carbons (Fsp3) is 0.933. The summed E-state index contributed by atoms with van der Waals surface area (Å²) in [6.45, 7) is 9.30. The molecule has 2 rings (SSSR count). The van der Waals surface area contributed by atoms with E-state index in [0.29, 0.717) is 18.6 Å². The van der Waals surface area contributed by atoms with Crippen LogP contribution < -0.4 is 0 Å². The maximum absolute atomic E-state index is 11.5. The van der Waals surface area contributed by atoms with Gasteiger partial charge in [0.05, 0.1) is 19.3 Å². The number of carbonyl (C=O) groups is 1. The van der Waals surface area contributed by atoms with Gasteiger partial charge in [0.1, 0.15) is 5.41 Å². The summed E-state index contributed by atoms with van der Waals surface area (Å²) in [7, 11) is 0. The van der Waals surface area contributed by atoms with Crippen LogP contribution in [-0.4, -0.2) is 48.3 Å². The molecule has 0 aromatic heterocycles. The van der Waals surface area contributed by atoms with Crippen LogP contribution in [-0.2, 0) is 9.53 Å². The van der Waals surface area contributed by atoms with Gasteiger partial charge in [-0.2, -0.15) is 0 Å². The van der Waals surface area contributed by atoms with Crippen LogP contribution in [0.4, 0.5) is 0 Å². The van der Waals surface area contributed by atoms with Gasteiger partial charge in [-0.3, -0.25) is 9.69 Å². The second-order valence-corrected chi connectivity index (χ2v) is 6.66. The average Bonchev–Trinajstić information content (AvgIpc) is 2.69. The summed E-state index contributed by atoms with van der Waals surface area (Å²) in [4.78, 5) is 13.8. The zero-order valence-corrected chi connectivity index (χ0v) is 12.4. The number of nitrogens with zero attached hydrogens (tertiary/aromatic N) is 1. The molecule has 0 spiro atoms. The van der Waals surface area contributed by atoms with E-state index in [-0.39, 0.29) is 6.04 Å². The number of rotatable bonds is 6. The Hall–Kier alpha value is -0.610. The molecule has 0 saturated carbocycles. The Morgan fingerprint density at radius 3 is 2.37 bits per heavy atom. The van der Waals surface area contributed by atoms with Gasteiger partial charge in [0.25, 0.3) is 0 Å². The molecule has 2 aliphatic heterocycles. The molecule has 2 aliphatic rings. The van der Waals surface area contributed by atoms with E-state index in [4.69, 9.17) is 4.74 Å². The van der Waals surface area contributed by atoms with Crippen molar-refractivity contribution in [3.63, 3.8) is 0 Å². The minimum Gasteiger partial charge on any atom is -0.481 e. The molecule has 0 radical (unpaired) electrons. The van der Waals surface area contributed by atoms with Gasteiger partial charge in [-0.25, -0.2) is 0 Å². The third-order valence-electron chi connectivity index (χ3n) is 4.98. The number of aliphatic carboxylic acids is 1. The third-order valence-corrected chi connectivity index (χ3v) is 4.98. The highest BCUT2D eigenvalue weighted by Gasteiger charge is 2.54. The van der Waals surface area contributed by atoms with Crippen molar-refractivity contribution in [1.29, 1.82) is 0 Å². The van der Waals surface area contributed by atoms with Gasteiger partial charge in [0, 0.05) is 13.1 Å². The molecule has 2 saturated heterocycles. The van der Waals surface area contributed by atoms with E-state index >= 15 is 0 Å². The van der Waals surface area contributed by atoms with Gasteiger partial charge >= 0.3 is 5.97 Å². The van der Waals surface area contributed by atoms with Gasteiger partial charge < -0.3 is 9.84 Å². The highest BCUT2D eigenvalue weighted by atomic mass is 16.5. The van der Waals surface area contributed by atoms with Crippen molar-refractivity contribution in [3.8, 4) is 0 Å². The Morgan fingerprint density at radius 1 is 1.32 bits per heavy atom. The van der Waals surface area contributed by atoms with Crippen molar-refractivity contribution in [2.75, 3.05) is 26.3 Å². The lowest BCUT2D eigenvalue weighted by atomic mass is 9.70. The van der Waals surface area contributed by atoms with Crippen LogP contribution in [0.3, 0.4) is 0 Å². The van der Waals surface area contributed by atoms with Crippen molar-refractivity contribution in [1.82, 2.24) is 4.90 Å². The summed E-state index contributed by atoms with van der Waals surface area (Å²) >= 11 is 0. The predicted octanol–water partition coefficient (Wildman–Crippen LogP) is 2.38. The lowest BCUT2D eigenvalue weighted by Gasteiger charge is -2.55. The summed E-state index contributed by atoms with van der Waals surface area (Å²) in [6.07, 6.45) is 4.94. The molecule has 4 heteroatoms. The van der Waals surface area contributed by atoms with Gasteiger partial charge in [-0.1, -0.05) is 26.7 Å². The van der Waals surface area contributed by atoms with Gasteiger partial charge in [-0.05, 0) is 25.2 Å². The zero-order valence-electron chi connectivity index (χ0n) is 12.4. The number of carboxylic acid groups (broad SMARTS) is 1. The summed E-state index contributed by atoms with van der Waals surface area (Å²) in [6, 6.07) is 0.0480. The number of hydrogen-bond donors (Lipinski definition) is 1. The first kappa shape index (κ1) is 14.8. The Labute approximate surface area is 116 Å². The number of ether oxygens (including phenoxy) is 1. The van der Waals surface area contributed by atoms with E-state index in [1.165, 1.54) is 25.7 Å². The first-order valence-corrected chi connectivity index (χ1v) is 7.52. The molecule has 0 amide bonds. The van der Waals surface area contributed by atoms with E-state index in [0.717, 1.165) is 13.1 Å². The highest BCUT2D eigenvalue weighted by molar-refractivity contribution is 5.75. The van der Waals surface area contributed by atoms with Crippen molar-refractivity contribution >= 4 is 5.97 Å². The Kier molecular flexibility index (Phi) is 4.21. The zero-order chi connectivity index (χ0) is 14.1. The van der Waals surface area contributed by atoms with Crippen molar-refractivity contribution in [2.45, 2.75) is 52.5 Å². The van der Waals surface area contributed by atoms with Crippen LogP contribution in [0.25, 0.3) is 0 Å². The van der Waals surface area contributed by atoms with E-state index in [1.807, 2.05) is 6.92 Å². The number of hydrogen-bond acceptors (Lipinski definition) is 3. The lowest BCUT2D eigenvalue weighted by molar-refractivity contribution is -0.154. The fourth-order valence-electron chi connectivity index (χ4n) is 3.91. The minimum absolute atomic E-state index is 0.0480. The molecule has 0 bridgehead atoms. The molecule has 2 atom stereocenters. The Bertz CT molecular complexity index is 330. The van der Waals surface area contributed by atoms with Crippen LogP contribution in [0, 0.1) is 10.8 Å². The quantitative estimate of drug-likeness (QED) is 0.804. The normalized spacial score (nSPS) is 34.2. The average molecular weight is 269 g/mol. The van der Waals surface area contributed by atoms with Crippen molar-refractivity contribution in [2.24, 2.45) is 10.8 Å². The molecule has 2 unspecified atom stereocenters. The van der Waals surface area contributed by atoms with Crippen LogP contribution in [0.15, 0.2) is 0 Å². The van der Waals surface area contributed by atoms with E-state index < -0.39 is 11.4 Å².